The van der Waals surface area contributed by atoms with E-state index in [1.165, 1.54) is 11.8 Å². The van der Waals surface area contributed by atoms with Crippen LogP contribution in [0.4, 0.5) is 5.69 Å². The number of benzene rings is 2. The molecule has 7 nitrogen and oxygen atoms in total. The third-order valence-corrected chi connectivity index (χ3v) is 6.23. The van der Waals surface area contributed by atoms with Crippen molar-refractivity contribution in [3.8, 4) is 11.4 Å². The molecule has 0 saturated carbocycles. The highest BCUT2D eigenvalue weighted by atomic mass is 35.5. The molecule has 3 aromatic rings. The number of hydrogen-bond donors (Lipinski definition) is 1. The Labute approximate surface area is 203 Å². The average Bonchev–Trinajstić information content (AvgIpc) is 3.21. The third-order valence-electron chi connectivity index (χ3n) is 5.04. The van der Waals surface area contributed by atoms with Gasteiger partial charge in [0.25, 0.3) is 0 Å². The van der Waals surface area contributed by atoms with Crippen molar-refractivity contribution >= 4 is 40.9 Å². The van der Waals surface area contributed by atoms with Crippen molar-refractivity contribution in [1.29, 1.82) is 0 Å². The van der Waals surface area contributed by atoms with Gasteiger partial charge in [0, 0.05) is 29.4 Å². The van der Waals surface area contributed by atoms with Crippen molar-refractivity contribution in [2.24, 2.45) is 0 Å². The highest BCUT2D eigenvalue weighted by Gasteiger charge is 2.20. The number of nitrogens with zero attached hydrogens (tertiary/aromatic N) is 4. The fourth-order valence-electron chi connectivity index (χ4n) is 3.38. The van der Waals surface area contributed by atoms with Gasteiger partial charge in [0.1, 0.15) is 0 Å². The van der Waals surface area contributed by atoms with Crippen LogP contribution in [0.5, 0.6) is 0 Å². The van der Waals surface area contributed by atoms with E-state index in [0.29, 0.717) is 29.1 Å². The Kier molecular flexibility index (Phi) is 8.91. The molecule has 1 heterocycles. The summed E-state index contributed by atoms with van der Waals surface area (Å²) in [6.07, 6.45) is 0.762. The van der Waals surface area contributed by atoms with Crippen LogP contribution in [0.25, 0.3) is 11.4 Å². The van der Waals surface area contributed by atoms with E-state index in [-0.39, 0.29) is 24.1 Å². The van der Waals surface area contributed by atoms with Crippen LogP contribution in [0.3, 0.4) is 0 Å². The maximum Gasteiger partial charge on any atom is 0.244 e. The first kappa shape index (κ1) is 24.8. The van der Waals surface area contributed by atoms with Gasteiger partial charge in [0.05, 0.1) is 12.3 Å². The van der Waals surface area contributed by atoms with Crippen LogP contribution in [-0.2, 0) is 16.1 Å². The van der Waals surface area contributed by atoms with E-state index in [4.69, 9.17) is 11.6 Å². The summed E-state index contributed by atoms with van der Waals surface area (Å²) in [5.41, 5.74) is 2.60. The highest BCUT2D eigenvalue weighted by molar-refractivity contribution is 7.99. The first-order valence-electron chi connectivity index (χ1n) is 10.9. The lowest BCUT2D eigenvalue weighted by molar-refractivity contribution is -0.132. The molecule has 0 spiro atoms. The van der Waals surface area contributed by atoms with Gasteiger partial charge in [-0.05, 0) is 44.0 Å². The molecular weight excluding hydrogens is 458 g/mol. The van der Waals surface area contributed by atoms with Gasteiger partial charge in [-0.25, -0.2) is 0 Å². The normalized spacial score (nSPS) is 10.8. The van der Waals surface area contributed by atoms with Gasteiger partial charge in [-0.1, -0.05) is 60.6 Å². The number of aryl methyl sites for hydroxylation is 1. The molecule has 0 fully saturated rings. The van der Waals surface area contributed by atoms with E-state index in [2.05, 4.69) is 15.5 Å². The number of hydrogen-bond acceptors (Lipinski definition) is 5. The molecular formula is C24H28ClN5O2S. The first-order chi connectivity index (χ1) is 15.9. The number of anilines is 1. The van der Waals surface area contributed by atoms with Crippen LogP contribution >= 0.6 is 23.4 Å². The van der Waals surface area contributed by atoms with E-state index < -0.39 is 0 Å². The van der Waals surface area contributed by atoms with Crippen molar-refractivity contribution in [1.82, 2.24) is 19.7 Å². The SMILES string of the molecule is CCCN(CC(=O)Nc1ccccc1C)C(=O)CSc1nnc(-c2cccc(Cl)c2)n1CC. The summed E-state index contributed by atoms with van der Waals surface area (Å²) < 4.78 is 1.96. The van der Waals surface area contributed by atoms with Crippen molar-refractivity contribution in [3.05, 3.63) is 59.1 Å². The second kappa shape index (κ2) is 11.9. The lowest BCUT2D eigenvalue weighted by Crippen LogP contribution is -2.39. The number of aromatic nitrogens is 3. The van der Waals surface area contributed by atoms with Gasteiger partial charge < -0.3 is 14.8 Å². The summed E-state index contributed by atoms with van der Waals surface area (Å²) in [5, 5.41) is 12.8. The van der Waals surface area contributed by atoms with Crippen molar-refractivity contribution < 1.29 is 9.59 Å². The topological polar surface area (TPSA) is 80.1 Å². The summed E-state index contributed by atoms with van der Waals surface area (Å²) in [7, 11) is 0. The van der Waals surface area contributed by atoms with E-state index in [1.807, 2.05) is 73.9 Å². The average molecular weight is 486 g/mol. The zero-order chi connectivity index (χ0) is 23.8. The number of amides is 2. The summed E-state index contributed by atoms with van der Waals surface area (Å²) in [5.74, 6) is 0.552. The quantitative estimate of drug-likeness (QED) is 0.413. The second-order valence-corrected chi connectivity index (χ2v) is 8.91. The molecule has 0 saturated heterocycles. The number of halogens is 1. The van der Waals surface area contributed by atoms with Crippen LogP contribution in [0.1, 0.15) is 25.8 Å². The predicted molar refractivity (Wildman–Crippen MR) is 134 cm³/mol. The van der Waals surface area contributed by atoms with Crippen LogP contribution in [0, 0.1) is 6.92 Å². The zero-order valence-electron chi connectivity index (χ0n) is 19.0. The summed E-state index contributed by atoms with van der Waals surface area (Å²) in [4.78, 5) is 27.1. The molecule has 0 aliphatic carbocycles. The van der Waals surface area contributed by atoms with Gasteiger partial charge in [-0.15, -0.1) is 10.2 Å². The fraction of sp³-hybridized carbons (Fsp3) is 0.333. The Bertz CT molecular complexity index is 1120. The summed E-state index contributed by atoms with van der Waals surface area (Å²) in [6.45, 7) is 7.09. The molecule has 33 heavy (non-hydrogen) atoms. The molecule has 3 rings (SSSR count). The van der Waals surface area contributed by atoms with Crippen LogP contribution in [0.2, 0.25) is 5.02 Å². The fourth-order valence-corrected chi connectivity index (χ4v) is 4.47. The number of carbonyl (C=O) groups excluding carboxylic acids is 2. The Morgan fingerprint density at radius 1 is 1.12 bits per heavy atom. The van der Waals surface area contributed by atoms with Gasteiger partial charge >= 0.3 is 0 Å². The van der Waals surface area contributed by atoms with Gasteiger partial charge in [-0.2, -0.15) is 0 Å². The van der Waals surface area contributed by atoms with Crippen molar-refractivity contribution in [2.75, 3.05) is 24.2 Å². The summed E-state index contributed by atoms with van der Waals surface area (Å²) >= 11 is 7.44. The molecule has 174 valence electrons. The molecule has 2 amide bonds. The van der Waals surface area contributed by atoms with Crippen molar-refractivity contribution in [2.45, 2.75) is 38.9 Å². The van der Waals surface area contributed by atoms with Gasteiger partial charge in [-0.3, -0.25) is 9.59 Å². The first-order valence-corrected chi connectivity index (χ1v) is 12.2. The Morgan fingerprint density at radius 3 is 2.61 bits per heavy atom. The number of thioether (sulfide) groups is 1. The molecule has 1 aromatic heterocycles. The highest BCUT2D eigenvalue weighted by Crippen LogP contribution is 2.26. The Morgan fingerprint density at radius 2 is 1.91 bits per heavy atom. The number of rotatable bonds is 10. The maximum atomic E-state index is 12.9. The molecule has 0 aliphatic heterocycles. The number of para-hydroxylation sites is 1. The molecule has 9 heteroatoms. The van der Waals surface area contributed by atoms with E-state index in [0.717, 1.165) is 23.2 Å². The molecule has 0 radical (unpaired) electrons. The zero-order valence-corrected chi connectivity index (χ0v) is 20.6. The Balaban J connectivity index is 1.65. The minimum atomic E-state index is -0.212. The smallest absolute Gasteiger partial charge is 0.244 e. The molecule has 0 atom stereocenters. The van der Waals surface area contributed by atoms with E-state index >= 15 is 0 Å². The molecule has 1 N–H and O–H groups in total. The van der Waals surface area contributed by atoms with Gasteiger partial charge in [0.15, 0.2) is 11.0 Å². The standard InChI is InChI=1S/C24H28ClN5O2S/c1-4-13-29(15-21(31)26-20-12-7-6-9-17(20)3)22(32)16-33-24-28-27-23(30(24)5-2)18-10-8-11-19(25)14-18/h6-12,14H,4-5,13,15-16H2,1-3H3,(H,26,31). The second-order valence-electron chi connectivity index (χ2n) is 7.53. The minimum absolute atomic E-state index is 0.00972. The van der Waals surface area contributed by atoms with Crippen molar-refractivity contribution in [3.63, 3.8) is 0 Å². The lowest BCUT2D eigenvalue weighted by Gasteiger charge is -2.21. The number of nitrogens with one attached hydrogen (secondary N) is 1. The van der Waals surface area contributed by atoms with Crippen LogP contribution < -0.4 is 5.32 Å². The third kappa shape index (κ3) is 6.58. The summed E-state index contributed by atoms with van der Waals surface area (Å²) in [6, 6.07) is 15.0. The largest absolute Gasteiger partial charge is 0.333 e. The molecule has 0 unspecified atom stereocenters. The predicted octanol–water partition coefficient (Wildman–Crippen LogP) is 4.90. The van der Waals surface area contributed by atoms with E-state index in [9.17, 15) is 9.59 Å². The lowest BCUT2D eigenvalue weighted by atomic mass is 10.2. The van der Waals surface area contributed by atoms with E-state index in [1.54, 1.807) is 4.90 Å². The van der Waals surface area contributed by atoms with Crippen LogP contribution in [0.15, 0.2) is 53.7 Å². The number of carbonyl (C=O) groups is 2. The maximum absolute atomic E-state index is 12.9. The van der Waals surface area contributed by atoms with Gasteiger partial charge in [0.2, 0.25) is 11.8 Å². The molecule has 0 bridgehead atoms. The van der Waals surface area contributed by atoms with Crippen LogP contribution in [-0.4, -0.2) is 50.3 Å². The Hall–Kier alpha value is -2.84. The monoisotopic (exact) mass is 485 g/mol. The molecule has 2 aromatic carbocycles. The minimum Gasteiger partial charge on any atom is -0.333 e. The molecule has 0 aliphatic rings.